The molecule has 148 valence electrons. The lowest BCUT2D eigenvalue weighted by molar-refractivity contribution is -0.268. The van der Waals surface area contributed by atoms with Crippen LogP contribution in [0.4, 0.5) is 0 Å². The molecule has 7 nitrogen and oxygen atoms in total. The summed E-state index contributed by atoms with van der Waals surface area (Å²) in [7, 11) is 0. The molecule has 2 aromatic rings. The van der Waals surface area contributed by atoms with E-state index in [0.29, 0.717) is 17.1 Å². The van der Waals surface area contributed by atoms with E-state index in [9.17, 15) is 20.1 Å². The van der Waals surface area contributed by atoms with Gasteiger partial charge < -0.3 is 29.5 Å². The molecule has 2 aliphatic rings. The summed E-state index contributed by atoms with van der Waals surface area (Å²) in [4.78, 5) is 12.6. The molecule has 2 heterocycles. The standard InChI is InChI=1S/C21H22O7/c1-11-18(23)19(24)20(25)21(26-11)27-13-7-8-16-14(9-13)15(22)10-17(28-16)12-5-3-2-4-6-12/h2-9,11,17-21,23-25H,10H2,1H3/t11-,17-,18-,19+,20+,21-/m0/s1. The van der Waals surface area contributed by atoms with E-state index in [1.54, 1.807) is 19.1 Å². The Morgan fingerprint density at radius 3 is 2.50 bits per heavy atom. The number of ketones is 1. The third-order valence-corrected chi connectivity index (χ3v) is 5.12. The second-order valence-corrected chi connectivity index (χ2v) is 7.10. The van der Waals surface area contributed by atoms with Crippen molar-refractivity contribution in [2.45, 2.75) is 50.2 Å². The maximum absolute atomic E-state index is 12.6. The third-order valence-electron chi connectivity index (χ3n) is 5.12. The van der Waals surface area contributed by atoms with E-state index >= 15 is 0 Å². The molecule has 4 rings (SSSR count). The van der Waals surface area contributed by atoms with Crippen molar-refractivity contribution in [2.75, 3.05) is 0 Å². The summed E-state index contributed by atoms with van der Waals surface area (Å²) in [6.07, 6.45) is -6.01. The monoisotopic (exact) mass is 386 g/mol. The minimum absolute atomic E-state index is 0.0745. The van der Waals surface area contributed by atoms with Crippen molar-refractivity contribution in [3.63, 3.8) is 0 Å². The molecule has 0 amide bonds. The predicted molar refractivity (Wildman–Crippen MR) is 98.2 cm³/mol. The van der Waals surface area contributed by atoms with Crippen LogP contribution < -0.4 is 9.47 Å². The van der Waals surface area contributed by atoms with Crippen molar-refractivity contribution in [2.24, 2.45) is 0 Å². The molecule has 3 N–H and O–H groups in total. The van der Waals surface area contributed by atoms with Gasteiger partial charge in [0.05, 0.1) is 18.1 Å². The number of ether oxygens (including phenoxy) is 3. The van der Waals surface area contributed by atoms with Gasteiger partial charge in [-0.25, -0.2) is 0 Å². The molecule has 1 saturated heterocycles. The molecule has 0 unspecified atom stereocenters. The molecule has 0 aliphatic carbocycles. The smallest absolute Gasteiger partial charge is 0.229 e. The van der Waals surface area contributed by atoms with Crippen molar-refractivity contribution in [3.05, 3.63) is 59.7 Å². The lowest BCUT2D eigenvalue weighted by Crippen LogP contribution is -2.58. The summed E-state index contributed by atoms with van der Waals surface area (Å²) < 4.78 is 17.0. The highest BCUT2D eigenvalue weighted by molar-refractivity contribution is 6.00. The van der Waals surface area contributed by atoms with Gasteiger partial charge in [0.15, 0.2) is 5.78 Å². The number of hydrogen-bond acceptors (Lipinski definition) is 7. The lowest BCUT2D eigenvalue weighted by Gasteiger charge is -2.39. The van der Waals surface area contributed by atoms with E-state index in [1.807, 2.05) is 30.3 Å². The first-order chi connectivity index (χ1) is 13.4. The van der Waals surface area contributed by atoms with Crippen molar-refractivity contribution >= 4 is 5.78 Å². The number of benzene rings is 2. The fourth-order valence-electron chi connectivity index (χ4n) is 3.47. The summed E-state index contributed by atoms with van der Waals surface area (Å²) in [5.41, 5.74) is 1.32. The Bertz CT molecular complexity index is 853. The van der Waals surface area contributed by atoms with Gasteiger partial charge in [-0.15, -0.1) is 0 Å². The zero-order valence-electron chi connectivity index (χ0n) is 15.3. The molecule has 6 atom stereocenters. The van der Waals surface area contributed by atoms with Gasteiger partial charge in [-0.1, -0.05) is 30.3 Å². The molecule has 0 radical (unpaired) electrons. The Hall–Kier alpha value is -2.45. The molecule has 2 aliphatic heterocycles. The van der Waals surface area contributed by atoms with Crippen LogP contribution in [0.5, 0.6) is 11.5 Å². The maximum Gasteiger partial charge on any atom is 0.229 e. The van der Waals surface area contributed by atoms with Gasteiger partial charge in [-0.2, -0.15) is 0 Å². The first-order valence-corrected chi connectivity index (χ1v) is 9.19. The second kappa shape index (κ2) is 7.52. The van der Waals surface area contributed by atoms with E-state index in [4.69, 9.17) is 14.2 Å². The minimum Gasteiger partial charge on any atom is -0.484 e. The van der Waals surface area contributed by atoms with Crippen LogP contribution in [0.2, 0.25) is 0 Å². The largest absolute Gasteiger partial charge is 0.484 e. The van der Waals surface area contributed by atoms with Crippen molar-refractivity contribution in [1.82, 2.24) is 0 Å². The van der Waals surface area contributed by atoms with Crippen LogP contribution in [0.25, 0.3) is 0 Å². The number of fused-ring (bicyclic) bond motifs is 1. The van der Waals surface area contributed by atoms with E-state index in [0.717, 1.165) is 5.56 Å². The highest BCUT2D eigenvalue weighted by Gasteiger charge is 2.43. The van der Waals surface area contributed by atoms with Crippen LogP contribution in [0.15, 0.2) is 48.5 Å². The number of Topliss-reactive ketones (excluding diaryl/α,β-unsaturated/α-hetero) is 1. The van der Waals surface area contributed by atoms with Crippen LogP contribution in [-0.4, -0.2) is 51.8 Å². The first-order valence-electron chi connectivity index (χ1n) is 9.19. The van der Waals surface area contributed by atoms with Gasteiger partial charge >= 0.3 is 0 Å². The van der Waals surface area contributed by atoms with Gasteiger partial charge in [0.2, 0.25) is 6.29 Å². The molecular weight excluding hydrogens is 364 g/mol. The van der Waals surface area contributed by atoms with Crippen LogP contribution in [-0.2, 0) is 4.74 Å². The van der Waals surface area contributed by atoms with E-state index < -0.39 is 30.7 Å². The number of carbonyl (C=O) groups excluding carboxylic acids is 1. The Morgan fingerprint density at radius 2 is 1.75 bits per heavy atom. The van der Waals surface area contributed by atoms with E-state index in [-0.39, 0.29) is 18.3 Å². The number of aliphatic hydroxyl groups excluding tert-OH is 3. The zero-order chi connectivity index (χ0) is 19.8. The van der Waals surface area contributed by atoms with Crippen LogP contribution in [0, 0.1) is 0 Å². The highest BCUT2D eigenvalue weighted by Crippen LogP contribution is 2.37. The predicted octanol–water partition coefficient (Wildman–Crippen LogP) is 1.60. The van der Waals surface area contributed by atoms with Gasteiger partial charge in [0.25, 0.3) is 0 Å². The Labute approximate surface area is 162 Å². The molecule has 0 aromatic heterocycles. The first kappa shape index (κ1) is 18.9. The quantitative estimate of drug-likeness (QED) is 0.736. The van der Waals surface area contributed by atoms with Crippen LogP contribution >= 0.6 is 0 Å². The average Bonchev–Trinajstić information content (AvgIpc) is 2.71. The molecule has 1 fully saturated rings. The lowest BCUT2D eigenvalue weighted by atomic mass is 9.96. The topological polar surface area (TPSA) is 105 Å². The number of rotatable bonds is 3. The second-order valence-electron chi connectivity index (χ2n) is 7.10. The van der Waals surface area contributed by atoms with Crippen LogP contribution in [0.3, 0.4) is 0 Å². The summed E-state index contributed by atoms with van der Waals surface area (Å²) in [5, 5.41) is 29.7. The minimum atomic E-state index is -1.42. The molecule has 28 heavy (non-hydrogen) atoms. The molecule has 0 spiro atoms. The molecule has 0 bridgehead atoms. The zero-order valence-corrected chi connectivity index (χ0v) is 15.3. The van der Waals surface area contributed by atoms with Crippen molar-refractivity contribution in [3.8, 4) is 11.5 Å². The fourth-order valence-corrected chi connectivity index (χ4v) is 3.47. The van der Waals surface area contributed by atoms with Gasteiger partial charge in [0, 0.05) is 0 Å². The van der Waals surface area contributed by atoms with E-state index in [1.165, 1.54) is 6.07 Å². The van der Waals surface area contributed by atoms with Gasteiger partial charge in [-0.3, -0.25) is 4.79 Å². The van der Waals surface area contributed by atoms with Crippen molar-refractivity contribution in [1.29, 1.82) is 0 Å². The third kappa shape index (κ3) is 3.49. The van der Waals surface area contributed by atoms with Crippen molar-refractivity contribution < 1.29 is 34.3 Å². The normalized spacial score (nSPS) is 32.4. The average molecular weight is 386 g/mol. The Morgan fingerprint density at radius 1 is 1.00 bits per heavy atom. The Balaban J connectivity index is 1.52. The van der Waals surface area contributed by atoms with Gasteiger partial charge in [0.1, 0.15) is 35.9 Å². The molecular formula is C21H22O7. The highest BCUT2D eigenvalue weighted by atomic mass is 16.7. The molecule has 0 saturated carbocycles. The summed E-state index contributed by atoms with van der Waals surface area (Å²) in [5.74, 6) is 0.689. The Kier molecular flexibility index (Phi) is 5.07. The number of carbonyl (C=O) groups is 1. The van der Waals surface area contributed by atoms with E-state index in [2.05, 4.69) is 0 Å². The fraction of sp³-hybridized carbons (Fsp3) is 0.381. The van der Waals surface area contributed by atoms with Crippen LogP contribution in [0.1, 0.15) is 35.4 Å². The number of hydrogen-bond donors (Lipinski definition) is 3. The maximum atomic E-state index is 12.6. The summed E-state index contributed by atoms with van der Waals surface area (Å²) in [6, 6.07) is 14.3. The molecule has 7 heteroatoms. The molecule has 2 aromatic carbocycles. The SMILES string of the molecule is C[C@@H]1O[C@@H](Oc2ccc3c(c2)C(=O)C[C@@H](c2ccccc2)O3)[C@H](O)[C@H](O)[C@H]1O. The summed E-state index contributed by atoms with van der Waals surface area (Å²) >= 11 is 0. The van der Waals surface area contributed by atoms with Gasteiger partial charge in [-0.05, 0) is 30.7 Å². The number of aliphatic hydroxyl groups is 3. The summed E-state index contributed by atoms with van der Waals surface area (Å²) in [6.45, 7) is 1.57.